The van der Waals surface area contributed by atoms with E-state index in [0.717, 1.165) is 16.8 Å². The molecule has 0 radical (unpaired) electrons. The third-order valence-corrected chi connectivity index (χ3v) is 5.08. The van der Waals surface area contributed by atoms with Crippen molar-refractivity contribution in [1.82, 2.24) is 4.90 Å². The van der Waals surface area contributed by atoms with E-state index in [1.165, 1.54) is 14.2 Å². The number of ether oxygens (including phenoxy) is 2. The van der Waals surface area contributed by atoms with Gasteiger partial charge in [-0.25, -0.2) is 0 Å². The standard InChI is InChI=1S/C22H26N2O4/c1-14-11-15(2)13-17(12-14)24-10-9-23(16(3)21(24)25)22(26)20-18(27-4)7-6-8-19(20)28-5/h6-8,11-13,16H,9-10H2,1-5H3. The van der Waals surface area contributed by atoms with Crippen LogP contribution in [-0.2, 0) is 4.79 Å². The normalized spacial score (nSPS) is 16.9. The Morgan fingerprint density at radius 2 is 1.57 bits per heavy atom. The zero-order valence-corrected chi connectivity index (χ0v) is 17.0. The Balaban J connectivity index is 1.89. The van der Waals surface area contributed by atoms with Crippen molar-refractivity contribution in [3.05, 3.63) is 53.1 Å². The lowest BCUT2D eigenvalue weighted by Gasteiger charge is -2.39. The van der Waals surface area contributed by atoms with Crippen LogP contribution in [0.25, 0.3) is 0 Å². The highest BCUT2D eigenvalue weighted by Gasteiger charge is 2.37. The minimum absolute atomic E-state index is 0.0986. The Labute approximate surface area is 165 Å². The van der Waals surface area contributed by atoms with Crippen LogP contribution in [0.4, 0.5) is 5.69 Å². The van der Waals surface area contributed by atoms with Gasteiger partial charge in [0.05, 0.1) is 14.2 Å². The largest absolute Gasteiger partial charge is 0.496 e. The molecule has 1 atom stereocenters. The number of carbonyl (C=O) groups is 2. The molecule has 0 aromatic heterocycles. The lowest BCUT2D eigenvalue weighted by molar-refractivity contribution is -0.124. The van der Waals surface area contributed by atoms with E-state index >= 15 is 0 Å². The minimum atomic E-state index is -0.586. The lowest BCUT2D eigenvalue weighted by atomic mass is 10.1. The molecule has 6 heteroatoms. The van der Waals surface area contributed by atoms with E-state index in [1.54, 1.807) is 34.9 Å². The molecule has 1 unspecified atom stereocenters. The zero-order valence-electron chi connectivity index (χ0n) is 17.0. The third kappa shape index (κ3) is 3.54. The molecule has 0 N–H and O–H groups in total. The van der Waals surface area contributed by atoms with Gasteiger partial charge in [0.15, 0.2) is 0 Å². The monoisotopic (exact) mass is 382 g/mol. The van der Waals surface area contributed by atoms with Gasteiger partial charge in [-0.15, -0.1) is 0 Å². The number of amides is 2. The molecule has 3 rings (SSSR count). The summed E-state index contributed by atoms with van der Waals surface area (Å²) in [6, 6.07) is 10.7. The highest BCUT2D eigenvalue weighted by atomic mass is 16.5. The summed E-state index contributed by atoms with van der Waals surface area (Å²) in [6.07, 6.45) is 0. The maximum atomic E-state index is 13.3. The van der Waals surface area contributed by atoms with Gasteiger partial charge in [-0.3, -0.25) is 9.59 Å². The number of nitrogens with zero attached hydrogens (tertiary/aromatic N) is 2. The summed E-state index contributed by atoms with van der Waals surface area (Å²) in [5.74, 6) is 0.496. The minimum Gasteiger partial charge on any atom is -0.496 e. The summed E-state index contributed by atoms with van der Waals surface area (Å²) in [4.78, 5) is 29.7. The summed E-state index contributed by atoms with van der Waals surface area (Å²) in [5.41, 5.74) is 3.42. The van der Waals surface area contributed by atoms with Gasteiger partial charge < -0.3 is 19.3 Å². The van der Waals surface area contributed by atoms with Gasteiger partial charge in [0.25, 0.3) is 5.91 Å². The highest BCUT2D eigenvalue weighted by molar-refractivity contribution is 6.05. The number of anilines is 1. The van der Waals surface area contributed by atoms with Crippen LogP contribution in [-0.4, -0.2) is 50.1 Å². The number of carbonyl (C=O) groups excluding carboxylic acids is 2. The van der Waals surface area contributed by atoms with Crippen molar-refractivity contribution in [2.24, 2.45) is 0 Å². The quantitative estimate of drug-likeness (QED) is 0.815. The van der Waals surface area contributed by atoms with Crippen molar-refractivity contribution < 1.29 is 19.1 Å². The van der Waals surface area contributed by atoms with Crippen LogP contribution in [0.1, 0.15) is 28.4 Å². The second-order valence-corrected chi connectivity index (χ2v) is 7.05. The number of methoxy groups -OCH3 is 2. The summed E-state index contributed by atoms with van der Waals surface area (Å²) in [6.45, 7) is 6.66. The molecule has 1 fully saturated rings. The molecule has 0 saturated carbocycles. The van der Waals surface area contributed by atoms with Crippen molar-refractivity contribution in [1.29, 1.82) is 0 Å². The van der Waals surface area contributed by atoms with Crippen molar-refractivity contribution in [2.45, 2.75) is 26.8 Å². The maximum Gasteiger partial charge on any atom is 0.262 e. The average Bonchev–Trinajstić information content (AvgIpc) is 2.68. The summed E-state index contributed by atoms with van der Waals surface area (Å²) < 4.78 is 10.7. The highest BCUT2D eigenvalue weighted by Crippen LogP contribution is 2.31. The van der Waals surface area contributed by atoms with E-state index < -0.39 is 6.04 Å². The van der Waals surface area contributed by atoms with Crippen LogP contribution in [0, 0.1) is 13.8 Å². The fourth-order valence-electron chi connectivity index (χ4n) is 3.72. The first-order valence-corrected chi connectivity index (χ1v) is 9.29. The third-order valence-electron chi connectivity index (χ3n) is 5.08. The fraction of sp³-hybridized carbons (Fsp3) is 0.364. The van der Waals surface area contributed by atoms with Crippen molar-refractivity contribution in [3.8, 4) is 11.5 Å². The first-order valence-electron chi connectivity index (χ1n) is 9.29. The number of piperazine rings is 1. The fourth-order valence-corrected chi connectivity index (χ4v) is 3.72. The Bertz CT molecular complexity index is 867. The van der Waals surface area contributed by atoms with Gasteiger partial charge in [-0.2, -0.15) is 0 Å². The predicted octanol–water partition coefficient (Wildman–Crippen LogP) is 3.20. The Morgan fingerprint density at radius 3 is 2.11 bits per heavy atom. The first kappa shape index (κ1) is 19.7. The molecule has 0 aliphatic carbocycles. The molecule has 148 valence electrons. The number of aryl methyl sites for hydroxylation is 2. The van der Waals surface area contributed by atoms with Crippen molar-refractivity contribution in [2.75, 3.05) is 32.2 Å². The van der Waals surface area contributed by atoms with Gasteiger partial charge in [0, 0.05) is 18.8 Å². The van der Waals surface area contributed by atoms with Gasteiger partial charge in [-0.05, 0) is 56.2 Å². The number of rotatable bonds is 4. The van der Waals surface area contributed by atoms with Gasteiger partial charge in [-0.1, -0.05) is 12.1 Å². The summed E-state index contributed by atoms with van der Waals surface area (Å²) in [7, 11) is 3.02. The van der Waals surface area contributed by atoms with Crippen molar-refractivity contribution >= 4 is 17.5 Å². The van der Waals surface area contributed by atoms with E-state index in [2.05, 4.69) is 6.07 Å². The molecule has 0 spiro atoms. The number of hydrogen-bond acceptors (Lipinski definition) is 4. The van der Waals surface area contributed by atoms with Gasteiger partial charge >= 0.3 is 0 Å². The van der Waals surface area contributed by atoms with Crippen LogP contribution >= 0.6 is 0 Å². The van der Waals surface area contributed by atoms with E-state index in [9.17, 15) is 9.59 Å². The topological polar surface area (TPSA) is 59.1 Å². The van der Waals surface area contributed by atoms with E-state index in [-0.39, 0.29) is 11.8 Å². The second kappa shape index (κ2) is 7.92. The first-order chi connectivity index (χ1) is 13.4. The van der Waals surface area contributed by atoms with Gasteiger partial charge in [0.1, 0.15) is 23.1 Å². The molecule has 1 aliphatic rings. The van der Waals surface area contributed by atoms with E-state index in [4.69, 9.17) is 9.47 Å². The molecule has 28 heavy (non-hydrogen) atoms. The van der Waals surface area contributed by atoms with Crippen molar-refractivity contribution in [3.63, 3.8) is 0 Å². The summed E-state index contributed by atoms with van der Waals surface area (Å²) >= 11 is 0. The number of benzene rings is 2. The van der Waals surface area contributed by atoms with Crippen LogP contribution < -0.4 is 14.4 Å². The SMILES string of the molecule is COc1cccc(OC)c1C(=O)N1CCN(c2cc(C)cc(C)c2)C(=O)C1C. The molecule has 6 nitrogen and oxygen atoms in total. The molecule has 2 aromatic rings. The summed E-state index contributed by atoms with van der Waals surface area (Å²) in [5, 5.41) is 0. The lowest BCUT2D eigenvalue weighted by Crippen LogP contribution is -2.57. The molecule has 2 aromatic carbocycles. The van der Waals surface area contributed by atoms with Crippen LogP contribution in [0.15, 0.2) is 36.4 Å². The zero-order chi connectivity index (χ0) is 20.4. The average molecular weight is 382 g/mol. The van der Waals surface area contributed by atoms with Gasteiger partial charge in [0.2, 0.25) is 5.91 Å². The Morgan fingerprint density at radius 1 is 1.00 bits per heavy atom. The molecule has 1 saturated heterocycles. The molecule has 2 amide bonds. The molecule has 0 bridgehead atoms. The van der Waals surface area contributed by atoms with Crippen LogP contribution in [0.3, 0.4) is 0 Å². The smallest absolute Gasteiger partial charge is 0.262 e. The Kier molecular flexibility index (Phi) is 5.58. The van der Waals surface area contributed by atoms with E-state index in [1.807, 2.05) is 26.0 Å². The van der Waals surface area contributed by atoms with E-state index in [0.29, 0.717) is 30.2 Å². The predicted molar refractivity (Wildman–Crippen MR) is 108 cm³/mol. The molecular formula is C22H26N2O4. The Hall–Kier alpha value is -3.02. The molecular weight excluding hydrogens is 356 g/mol. The van der Waals surface area contributed by atoms with Crippen LogP contribution in [0.2, 0.25) is 0 Å². The number of hydrogen-bond donors (Lipinski definition) is 0. The van der Waals surface area contributed by atoms with Crippen LogP contribution in [0.5, 0.6) is 11.5 Å². The molecule has 1 aliphatic heterocycles. The second-order valence-electron chi connectivity index (χ2n) is 7.05. The molecule has 1 heterocycles. The maximum absolute atomic E-state index is 13.3.